The monoisotopic (exact) mass is 276 g/mol. The van der Waals surface area contributed by atoms with Crippen molar-refractivity contribution < 1.29 is 5.11 Å². The summed E-state index contributed by atoms with van der Waals surface area (Å²) < 4.78 is 4.79. The van der Waals surface area contributed by atoms with E-state index in [0.717, 1.165) is 20.7 Å². The van der Waals surface area contributed by atoms with Gasteiger partial charge in [-0.25, -0.2) is 4.98 Å². The molecule has 1 N–H and O–H groups in total. The van der Waals surface area contributed by atoms with Crippen LogP contribution in [0, 0.1) is 6.92 Å². The fourth-order valence-corrected chi connectivity index (χ4v) is 2.95. The minimum absolute atomic E-state index is 0.268. The summed E-state index contributed by atoms with van der Waals surface area (Å²) in [6.07, 6.45) is 1.45. The maximum atomic E-state index is 9.78. The summed E-state index contributed by atoms with van der Waals surface area (Å²) in [5.41, 5.74) is 0.733. The van der Waals surface area contributed by atoms with E-state index in [1.54, 1.807) is 23.5 Å². The Morgan fingerprint density at radius 3 is 2.94 bits per heavy atom. The molecule has 0 aliphatic carbocycles. The van der Waals surface area contributed by atoms with E-state index >= 15 is 0 Å². The molecule has 0 radical (unpaired) electrons. The molecule has 7 heteroatoms. The van der Waals surface area contributed by atoms with E-state index in [9.17, 15) is 5.11 Å². The van der Waals surface area contributed by atoms with Crippen LogP contribution >= 0.6 is 22.9 Å². The number of aromatic hydroxyl groups is 1. The molecule has 0 saturated heterocycles. The highest BCUT2D eigenvalue weighted by Gasteiger charge is 2.08. The van der Waals surface area contributed by atoms with Crippen LogP contribution in [-0.4, -0.2) is 14.5 Å². The summed E-state index contributed by atoms with van der Waals surface area (Å²) in [6.45, 7) is 2.00. The van der Waals surface area contributed by atoms with E-state index in [4.69, 9.17) is 0 Å². The molecule has 0 unspecified atom stereocenters. The van der Waals surface area contributed by atoms with Crippen molar-refractivity contribution in [3.63, 3.8) is 0 Å². The third kappa shape index (κ3) is 1.98. The number of phenols is 1. The summed E-state index contributed by atoms with van der Waals surface area (Å²) in [7, 11) is 0. The predicted molar refractivity (Wildman–Crippen MR) is 72.3 cm³/mol. The van der Waals surface area contributed by atoms with Crippen LogP contribution in [0.3, 0.4) is 0 Å². The van der Waals surface area contributed by atoms with E-state index in [1.165, 1.54) is 17.9 Å². The van der Waals surface area contributed by atoms with E-state index in [0.29, 0.717) is 5.13 Å². The van der Waals surface area contributed by atoms with Gasteiger partial charge in [0.25, 0.3) is 0 Å². The minimum atomic E-state index is 0.268. The van der Waals surface area contributed by atoms with Crippen molar-refractivity contribution in [1.82, 2.24) is 9.36 Å². The van der Waals surface area contributed by atoms with Crippen molar-refractivity contribution in [1.29, 1.82) is 0 Å². The molecule has 1 aromatic carbocycles. The molecule has 5 nitrogen and oxygen atoms in total. The second-order valence-corrected chi connectivity index (χ2v) is 5.64. The van der Waals surface area contributed by atoms with Crippen molar-refractivity contribution in [2.45, 2.75) is 6.92 Å². The Kier molecular flexibility index (Phi) is 2.77. The van der Waals surface area contributed by atoms with Gasteiger partial charge in [0.05, 0.1) is 4.70 Å². The van der Waals surface area contributed by atoms with Crippen LogP contribution in [0.1, 0.15) is 4.88 Å². The fraction of sp³-hybridized carbons (Fsp3) is 0.0909. The van der Waals surface area contributed by atoms with Crippen molar-refractivity contribution in [3.05, 3.63) is 29.4 Å². The van der Waals surface area contributed by atoms with Gasteiger partial charge in [0, 0.05) is 21.8 Å². The SMILES string of the molecule is Cc1cc2c(O)ccc(/N=N/c3ncns3)c2s1. The van der Waals surface area contributed by atoms with Crippen LogP contribution in [0.2, 0.25) is 0 Å². The Bertz CT molecular complexity index is 718. The van der Waals surface area contributed by atoms with Crippen LogP contribution < -0.4 is 0 Å². The summed E-state index contributed by atoms with van der Waals surface area (Å²) in [5, 5.41) is 19.3. The lowest BCUT2D eigenvalue weighted by molar-refractivity contribution is 0.482. The van der Waals surface area contributed by atoms with Gasteiger partial charge >= 0.3 is 0 Å². The maximum absolute atomic E-state index is 9.78. The zero-order valence-electron chi connectivity index (χ0n) is 9.36. The summed E-state index contributed by atoms with van der Waals surface area (Å²) >= 11 is 2.77. The van der Waals surface area contributed by atoms with Crippen LogP contribution in [0.25, 0.3) is 10.1 Å². The van der Waals surface area contributed by atoms with Crippen molar-refractivity contribution >= 4 is 43.8 Å². The van der Waals surface area contributed by atoms with E-state index < -0.39 is 0 Å². The average molecular weight is 276 g/mol. The van der Waals surface area contributed by atoms with Crippen LogP contribution in [0.5, 0.6) is 5.75 Å². The molecule has 18 heavy (non-hydrogen) atoms. The average Bonchev–Trinajstić information content (AvgIpc) is 2.97. The third-order valence-electron chi connectivity index (χ3n) is 2.36. The van der Waals surface area contributed by atoms with Gasteiger partial charge in [-0.05, 0) is 25.1 Å². The number of azo groups is 1. The van der Waals surface area contributed by atoms with Crippen molar-refractivity contribution in [2.24, 2.45) is 10.2 Å². The lowest BCUT2D eigenvalue weighted by Crippen LogP contribution is -1.68. The standard InChI is InChI=1S/C11H8N4OS2/c1-6-4-7-9(16)3-2-8(10(7)17-6)14-15-11-12-5-13-18-11/h2-5,16H,1H3/b15-14+. The van der Waals surface area contributed by atoms with E-state index in [2.05, 4.69) is 19.6 Å². The first-order chi connectivity index (χ1) is 8.74. The molecular formula is C11H8N4OS2. The van der Waals surface area contributed by atoms with Crippen molar-refractivity contribution in [3.8, 4) is 5.75 Å². The molecule has 2 aromatic heterocycles. The molecule has 0 aliphatic heterocycles. The van der Waals surface area contributed by atoms with Gasteiger partial charge in [-0.3, -0.25) is 0 Å². The molecule has 3 rings (SSSR count). The van der Waals surface area contributed by atoms with E-state index in [-0.39, 0.29) is 5.75 Å². The molecule has 0 spiro atoms. The molecular weight excluding hydrogens is 268 g/mol. The number of hydrogen-bond donors (Lipinski definition) is 1. The highest BCUT2D eigenvalue weighted by Crippen LogP contribution is 2.39. The number of hydrogen-bond acceptors (Lipinski definition) is 7. The minimum Gasteiger partial charge on any atom is -0.507 e. The van der Waals surface area contributed by atoms with Gasteiger partial charge in [0.1, 0.15) is 17.8 Å². The first-order valence-corrected chi connectivity index (χ1v) is 6.73. The largest absolute Gasteiger partial charge is 0.507 e. The van der Waals surface area contributed by atoms with Gasteiger partial charge in [0.15, 0.2) is 0 Å². The number of aromatic nitrogens is 2. The number of thiophene rings is 1. The smallest absolute Gasteiger partial charge is 0.249 e. The summed E-state index contributed by atoms with van der Waals surface area (Å²) in [4.78, 5) is 5.06. The lowest BCUT2D eigenvalue weighted by Gasteiger charge is -1.97. The molecule has 0 bridgehead atoms. The van der Waals surface area contributed by atoms with Gasteiger partial charge < -0.3 is 5.11 Å². The Morgan fingerprint density at radius 2 is 2.17 bits per heavy atom. The molecule has 0 amide bonds. The van der Waals surface area contributed by atoms with E-state index in [1.807, 2.05) is 13.0 Å². The second-order valence-electron chi connectivity index (χ2n) is 3.63. The number of fused-ring (bicyclic) bond motifs is 1. The van der Waals surface area contributed by atoms with Gasteiger partial charge in [0.2, 0.25) is 5.13 Å². The van der Waals surface area contributed by atoms with Crippen LogP contribution in [0.4, 0.5) is 10.8 Å². The second kappa shape index (κ2) is 4.43. The number of rotatable bonds is 2. The molecule has 3 aromatic rings. The fourth-order valence-electron chi connectivity index (χ4n) is 1.60. The normalized spacial score (nSPS) is 11.6. The Morgan fingerprint density at radius 1 is 1.28 bits per heavy atom. The van der Waals surface area contributed by atoms with Gasteiger partial charge in [-0.1, -0.05) is 0 Å². The molecule has 0 saturated carbocycles. The van der Waals surface area contributed by atoms with Crippen LogP contribution in [0.15, 0.2) is 34.8 Å². The predicted octanol–water partition coefficient (Wildman–Crippen LogP) is 4.18. The zero-order chi connectivity index (χ0) is 12.5. The molecule has 0 atom stereocenters. The highest BCUT2D eigenvalue weighted by molar-refractivity contribution is 7.19. The first kappa shape index (κ1) is 11.2. The Balaban J connectivity index is 2.09. The zero-order valence-corrected chi connectivity index (χ0v) is 11.0. The first-order valence-electron chi connectivity index (χ1n) is 5.14. The highest BCUT2D eigenvalue weighted by atomic mass is 32.1. The number of phenolic OH excluding ortho intramolecular Hbond substituents is 1. The number of nitrogens with zero attached hydrogens (tertiary/aromatic N) is 4. The maximum Gasteiger partial charge on any atom is 0.249 e. The summed E-state index contributed by atoms with van der Waals surface area (Å²) in [6, 6.07) is 5.32. The number of benzene rings is 1. The van der Waals surface area contributed by atoms with Gasteiger partial charge in [-0.2, -0.15) is 4.37 Å². The number of aryl methyl sites for hydroxylation is 1. The van der Waals surface area contributed by atoms with Crippen molar-refractivity contribution in [2.75, 3.05) is 0 Å². The molecule has 90 valence electrons. The Hall–Kier alpha value is -1.86. The quantitative estimate of drug-likeness (QED) is 0.714. The lowest BCUT2D eigenvalue weighted by atomic mass is 10.2. The summed E-state index contributed by atoms with van der Waals surface area (Å²) in [5.74, 6) is 0.268. The van der Waals surface area contributed by atoms with Crippen LogP contribution in [-0.2, 0) is 0 Å². The molecule has 2 heterocycles. The third-order valence-corrected chi connectivity index (χ3v) is 3.98. The van der Waals surface area contributed by atoms with Gasteiger partial charge in [-0.15, -0.1) is 21.6 Å². The Labute approximate surface area is 111 Å². The molecule has 0 fully saturated rings. The topological polar surface area (TPSA) is 70.7 Å². The molecule has 0 aliphatic rings.